The van der Waals surface area contributed by atoms with E-state index in [2.05, 4.69) is 5.32 Å². The second kappa shape index (κ2) is 3.94. The Morgan fingerprint density at radius 1 is 1.27 bits per heavy atom. The predicted molar refractivity (Wildman–Crippen MR) is 48.1 cm³/mol. The van der Waals surface area contributed by atoms with Gasteiger partial charge in [0.05, 0.1) is 12.6 Å². The van der Waals surface area contributed by atoms with E-state index in [1.807, 2.05) is 0 Å². The number of rotatable bonds is 1. The predicted octanol–water partition coefficient (Wildman–Crippen LogP) is 1.15. The number of ether oxygens (including phenoxy) is 1. The molecule has 2 rings (SSSR count). The van der Waals surface area contributed by atoms with Gasteiger partial charge in [-0.15, -0.1) is 0 Å². The molecule has 0 bridgehead atoms. The fraction of sp³-hybridized carbons (Fsp3) is 0.300. The second-order valence-electron chi connectivity index (χ2n) is 3.34. The topological polar surface area (TPSA) is 38.3 Å². The minimum atomic E-state index is -0.662. The smallest absolute Gasteiger partial charge is 0.246 e. The minimum absolute atomic E-state index is 0.00566. The fourth-order valence-electron chi connectivity index (χ4n) is 1.50. The summed E-state index contributed by atoms with van der Waals surface area (Å²) in [6.07, 6.45) is 0. The molecule has 1 fully saturated rings. The molecule has 1 saturated heterocycles. The van der Waals surface area contributed by atoms with Crippen LogP contribution in [0.1, 0.15) is 11.6 Å². The lowest BCUT2D eigenvalue weighted by Crippen LogP contribution is -2.39. The van der Waals surface area contributed by atoms with E-state index in [1.54, 1.807) is 0 Å². The highest BCUT2D eigenvalue weighted by atomic mass is 19.1. The summed E-state index contributed by atoms with van der Waals surface area (Å²) < 4.78 is 30.7. The van der Waals surface area contributed by atoms with Crippen LogP contribution in [0.4, 0.5) is 8.78 Å². The van der Waals surface area contributed by atoms with Crippen molar-refractivity contribution >= 4 is 5.91 Å². The molecule has 1 aliphatic rings. The largest absolute Gasteiger partial charge is 0.369 e. The van der Waals surface area contributed by atoms with Gasteiger partial charge in [-0.3, -0.25) is 4.79 Å². The van der Waals surface area contributed by atoms with Crippen LogP contribution in [0.15, 0.2) is 18.2 Å². The number of morpholine rings is 1. The molecular weight excluding hydrogens is 204 g/mol. The third-order valence-corrected chi connectivity index (χ3v) is 2.14. The first kappa shape index (κ1) is 10.0. The Labute approximate surface area is 85.0 Å². The van der Waals surface area contributed by atoms with Crippen molar-refractivity contribution in [3.8, 4) is 0 Å². The summed E-state index contributed by atoms with van der Waals surface area (Å²) in [6, 6.07) is 2.68. The van der Waals surface area contributed by atoms with Gasteiger partial charge in [-0.25, -0.2) is 8.78 Å². The number of hydrogen-bond acceptors (Lipinski definition) is 2. The van der Waals surface area contributed by atoms with Crippen molar-refractivity contribution in [2.24, 2.45) is 0 Å². The molecule has 1 heterocycles. The van der Waals surface area contributed by atoms with Gasteiger partial charge in [-0.05, 0) is 17.7 Å². The zero-order valence-corrected chi connectivity index (χ0v) is 7.80. The summed E-state index contributed by atoms with van der Waals surface area (Å²) in [5, 5.41) is 2.59. The second-order valence-corrected chi connectivity index (χ2v) is 3.34. The van der Waals surface area contributed by atoms with E-state index < -0.39 is 17.7 Å². The lowest BCUT2D eigenvalue weighted by Gasteiger charge is -2.23. The first-order chi connectivity index (χ1) is 7.15. The molecule has 1 amide bonds. The number of halogens is 2. The maximum absolute atomic E-state index is 12.9. The molecule has 3 nitrogen and oxygen atoms in total. The van der Waals surface area contributed by atoms with E-state index in [-0.39, 0.29) is 19.1 Å². The van der Waals surface area contributed by atoms with E-state index in [1.165, 1.54) is 12.1 Å². The summed E-state index contributed by atoms with van der Waals surface area (Å²) in [7, 11) is 0. The Bertz CT molecular complexity index is 375. The SMILES string of the molecule is O=C1COCC(c2cc(F)cc(F)c2)N1. The van der Waals surface area contributed by atoms with E-state index in [4.69, 9.17) is 4.74 Å². The highest BCUT2D eigenvalue weighted by Crippen LogP contribution is 2.18. The zero-order valence-electron chi connectivity index (χ0n) is 7.80. The van der Waals surface area contributed by atoms with Crippen molar-refractivity contribution < 1.29 is 18.3 Å². The van der Waals surface area contributed by atoms with Gasteiger partial charge in [0, 0.05) is 6.07 Å². The summed E-state index contributed by atoms with van der Waals surface area (Å²) in [6.45, 7) is 0.225. The van der Waals surface area contributed by atoms with Crippen molar-refractivity contribution in [3.05, 3.63) is 35.4 Å². The van der Waals surface area contributed by atoms with Crippen molar-refractivity contribution in [2.75, 3.05) is 13.2 Å². The first-order valence-corrected chi connectivity index (χ1v) is 4.48. The molecule has 1 aromatic rings. The van der Waals surface area contributed by atoms with E-state index in [0.29, 0.717) is 5.56 Å². The van der Waals surface area contributed by atoms with Crippen LogP contribution in [0.2, 0.25) is 0 Å². The van der Waals surface area contributed by atoms with Crippen molar-refractivity contribution in [1.29, 1.82) is 0 Å². The van der Waals surface area contributed by atoms with E-state index >= 15 is 0 Å². The van der Waals surface area contributed by atoms with E-state index in [0.717, 1.165) is 6.07 Å². The zero-order chi connectivity index (χ0) is 10.8. The maximum atomic E-state index is 12.9. The molecule has 1 unspecified atom stereocenters. The van der Waals surface area contributed by atoms with E-state index in [9.17, 15) is 13.6 Å². The van der Waals surface area contributed by atoms with Gasteiger partial charge in [-0.2, -0.15) is 0 Å². The van der Waals surface area contributed by atoms with Crippen LogP contribution in [0, 0.1) is 11.6 Å². The third-order valence-electron chi connectivity index (χ3n) is 2.14. The third kappa shape index (κ3) is 2.30. The molecule has 1 aromatic carbocycles. The molecular formula is C10H9F2NO2. The van der Waals surface area contributed by atoms with Crippen LogP contribution in [0.3, 0.4) is 0 Å². The highest BCUT2D eigenvalue weighted by molar-refractivity contribution is 5.78. The van der Waals surface area contributed by atoms with Crippen molar-refractivity contribution in [3.63, 3.8) is 0 Å². The molecule has 0 radical (unpaired) electrons. The normalized spacial score (nSPS) is 21.2. The summed E-state index contributed by atoms with van der Waals surface area (Å²) in [4.78, 5) is 11.0. The average molecular weight is 213 g/mol. The molecule has 15 heavy (non-hydrogen) atoms. The summed E-state index contributed by atoms with van der Waals surface area (Å²) >= 11 is 0. The fourth-order valence-corrected chi connectivity index (χ4v) is 1.50. The highest BCUT2D eigenvalue weighted by Gasteiger charge is 2.21. The Kier molecular flexibility index (Phi) is 2.64. The summed E-state index contributed by atoms with van der Waals surface area (Å²) in [5.41, 5.74) is 0.376. The Balaban J connectivity index is 2.24. The molecule has 1 aliphatic heterocycles. The average Bonchev–Trinajstić information content (AvgIpc) is 2.16. The minimum Gasteiger partial charge on any atom is -0.369 e. The molecule has 80 valence electrons. The molecule has 1 atom stereocenters. The molecule has 0 aromatic heterocycles. The Morgan fingerprint density at radius 3 is 2.53 bits per heavy atom. The lowest BCUT2D eigenvalue weighted by atomic mass is 10.1. The number of hydrogen-bond donors (Lipinski definition) is 1. The number of nitrogens with one attached hydrogen (secondary N) is 1. The van der Waals surface area contributed by atoms with Gasteiger partial charge >= 0.3 is 0 Å². The molecule has 5 heteroatoms. The van der Waals surface area contributed by atoms with Crippen LogP contribution < -0.4 is 5.32 Å². The van der Waals surface area contributed by atoms with Crippen molar-refractivity contribution in [1.82, 2.24) is 5.32 Å². The maximum Gasteiger partial charge on any atom is 0.246 e. The van der Waals surface area contributed by atoms with Gasteiger partial charge in [-0.1, -0.05) is 0 Å². The van der Waals surface area contributed by atoms with Gasteiger partial charge in [0.25, 0.3) is 0 Å². The van der Waals surface area contributed by atoms with Gasteiger partial charge < -0.3 is 10.1 Å². The number of amides is 1. The quantitative estimate of drug-likeness (QED) is 0.760. The van der Waals surface area contributed by atoms with Crippen LogP contribution in [-0.4, -0.2) is 19.1 Å². The van der Waals surface area contributed by atoms with Crippen LogP contribution in [0.5, 0.6) is 0 Å². The van der Waals surface area contributed by atoms with Crippen LogP contribution in [-0.2, 0) is 9.53 Å². The van der Waals surface area contributed by atoms with Gasteiger partial charge in [0.2, 0.25) is 5.91 Å². The van der Waals surface area contributed by atoms with Crippen LogP contribution >= 0.6 is 0 Å². The Morgan fingerprint density at radius 2 is 1.93 bits per heavy atom. The number of carbonyl (C=O) groups excluding carboxylic acids is 1. The number of carbonyl (C=O) groups is 1. The molecule has 1 N–H and O–H groups in total. The molecule has 0 saturated carbocycles. The molecule has 0 aliphatic carbocycles. The van der Waals surface area contributed by atoms with Crippen LogP contribution in [0.25, 0.3) is 0 Å². The van der Waals surface area contributed by atoms with Gasteiger partial charge in [0.15, 0.2) is 0 Å². The number of benzene rings is 1. The van der Waals surface area contributed by atoms with Gasteiger partial charge in [0.1, 0.15) is 18.2 Å². The lowest BCUT2D eigenvalue weighted by molar-refractivity contribution is -0.131. The molecule has 0 spiro atoms. The Hall–Kier alpha value is -1.49. The standard InChI is InChI=1S/C10H9F2NO2/c11-7-1-6(2-8(12)3-7)9-4-15-5-10(14)13-9/h1-3,9H,4-5H2,(H,13,14). The van der Waals surface area contributed by atoms with Crippen molar-refractivity contribution in [2.45, 2.75) is 6.04 Å². The summed E-state index contributed by atoms with van der Waals surface area (Å²) in [5.74, 6) is -1.61. The monoisotopic (exact) mass is 213 g/mol. The first-order valence-electron chi connectivity index (χ1n) is 4.48.